The van der Waals surface area contributed by atoms with Crippen LogP contribution in [0.25, 0.3) is 22.4 Å². The van der Waals surface area contributed by atoms with Gasteiger partial charge in [0, 0.05) is 22.7 Å². The number of nitrogens with zero attached hydrogens (tertiary/aromatic N) is 2. The van der Waals surface area contributed by atoms with Gasteiger partial charge in [0.2, 0.25) is 0 Å². The van der Waals surface area contributed by atoms with Crippen LogP contribution >= 0.6 is 11.6 Å². The van der Waals surface area contributed by atoms with E-state index in [0.717, 1.165) is 28.0 Å². The summed E-state index contributed by atoms with van der Waals surface area (Å²) in [7, 11) is 0. The summed E-state index contributed by atoms with van der Waals surface area (Å²) in [5, 5.41) is 9.47. The van der Waals surface area contributed by atoms with Crippen LogP contribution in [0, 0.1) is 0 Å². The van der Waals surface area contributed by atoms with Gasteiger partial charge in [0.25, 0.3) is 5.91 Å². The van der Waals surface area contributed by atoms with Crippen LogP contribution in [-0.4, -0.2) is 20.7 Å². The molecule has 0 saturated heterocycles. The van der Waals surface area contributed by atoms with Crippen molar-refractivity contribution in [3.8, 4) is 11.4 Å². The summed E-state index contributed by atoms with van der Waals surface area (Å²) in [5.74, 6) is 0.262. The van der Waals surface area contributed by atoms with Gasteiger partial charge in [0.15, 0.2) is 0 Å². The van der Waals surface area contributed by atoms with Crippen LogP contribution in [0.1, 0.15) is 15.9 Å². The molecular formula is C21H16ClN3O2. The molecule has 4 aromatic rings. The number of amides is 1. The summed E-state index contributed by atoms with van der Waals surface area (Å²) < 4.78 is 2.14. The van der Waals surface area contributed by atoms with E-state index in [-0.39, 0.29) is 0 Å². The highest BCUT2D eigenvalue weighted by atomic mass is 35.5. The lowest BCUT2D eigenvalue weighted by molar-refractivity contribution is 0.0706. The first-order chi connectivity index (χ1) is 13.2. The molecule has 0 bridgehead atoms. The predicted molar refractivity (Wildman–Crippen MR) is 105 cm³/mol. The lowest BCUT2D eigenvalue weighted by Crippen LogP contribution is -2.18. The first-order valence-electron chi connectivity index (χ1n) is 8.40. The van der Waals surface area contributed by atoms with Crippen LogP contribution in [-0.2, 0) is 6.54 Å². The number of nitrogens with one attached hydrogen (secondary N) is 1. The zero-order valence-electron chi connectivity index (χ0n) is 14.3. The van der Waals surface area contributed by atoms with E-state index in [4.69, 9.17) is 21.8 Å². The highest BCUT2D eigenvalue weighted by Crippen LogP contribution is 2.26. The SMILES string of the molecule is O=C(NO)c1ccc(-c2nc3ccccc3n2Cc2ccc(Cl)cc2)cc1. The molecule has 0 unspecified atom stereocenters. The van der Waals surface area contributed by atoms with Gasteiger partial charge in [-0.25, -0.2) is 10.5 Å². The number of aromatic nitrogens is 2. The number of hydroxylamine groups is 1. The van der Waals surface area contributed by atoms with Gasteiger partial charge in [-0.05, 0) is 42.0 Å². The number of halogens is 1. The zero-order valence-corrected chi connectivity index (χ0v) is 15.0. The smallest absolute Gasteiger partial charge is 0.274 e. The molecule has 1 amide bonds. The molecule has 5 nitrogen and oxygen atoms in total. The minimum atomic E-state index is -0.545. The van der Waals surface area contributed by atoms with E-state index in [1.807, 2.05) is 60.7 Å². The lowest BCUT2D eigenvalue weighted by atomic mass is 10.1. The van der Waals surface area contributed by atoms with E-state index in [1.54, 1.807) is 17.6 Å². The molecule has 0 aliphatic rings. The first-order valence-corrected chi connectivity index (χ1v) is 8.78. The number of imidazole rings is 1. The third-order valence-electron chi connectivity index (χ3n) is 4.42. The Morgan fingerprint density at radius 2 is 1.70 bits per heavy atom. The summed E-state index contributed by atoms with van der Waals surface area (Å²) in [6.45, 7) is 0.645. The normalized spacial score (nSPS) is 10.9. The number of hydrogen-bond acceptors (Lipinski definition) is 3. The topological polar surface area (TPSA) is 67.2 Å². The van der Waals surface area contributed by atoms with Crippen molar-refractivity contribution in [2.45, 2.75) is 6.54 Å². The zero-order chi connectivity index (χ0) is 18.8. The summed E-state index contributed by atoms with van der Waals surface area (Å²) in [5.41, 5.74) is 5.94. The average molecular weight is 378 g/mol. The number of rotatable bonds is 4. The molecule has 4 rings (SSSR count). The van der Waals surface area contributed by atoms with Crippen molar-refractivity contribution in [3.05, 3.63) is 88.9 Å². The van der Waals surface area contributed by atoms with Crippen LogP contribution in [0.4, 0.5) is 0 Å². The molecule has 134 valence electrons. The summed E-state index contributed by atoms with van der Waals surface area (Å²) >= 11 is 6.00. The monoisotopic (exact) mass is 377 g/mol. The van der Waals surface area contributed by atoms with E-state index in [1.165, 1.54) is 0 Å². The molecule has 6 heteroatoms. The van der Waals surface area contributed by atoms with E-state index in [0.29, 0.717) is 17.1 Å². The number of para-hydroxylation sites is 2. The molecule has 0 aliphatic heterocycles. The Morgan fingerprint density at radius 1 is 1.00 bits per heavy atom. The van der Waals surface area contributed by atoms with E-state index < -0.39 is 5.91 Å². The van der Waals surface area contributed by atoms with Gasteiger partial charge in [0.1, 0.15) is 5.82 Å². The number of fused-ring (bicyclic) bond motifs is 1. The van der Waals surface area contributed by atoms with Crippen LogP contribution in [0.3, 0.4) is 0 Å². The number of benzene rings is 3. The summed E-state index contributed by atoms with van der Waals surface area (Å²) in [6.07, 6.45) is 0. The van der Waals surface area contributed by atoms with Crippen molar-refractivity contribution in [1.29, 1.82) is 0 Å². The lowest BCUT2D eigenvalue weighted by Gasteiger charge is -2.10. The van der Waals surface area contributed by atoms with E-state index >= 15 is 0 Å². The van der Waals surface area contributed by atoms with Crippen molar-refractivity contribution in [2.24, 2.45) is 0 Å². The predicted octanol–water partition coefficient (Wildman–Crippen LogP) is 4.52. The summed E-state index contributed by atoms with van der Waals surface area (Å²) in [4.78, 5) is 16.3. The molecule has 1 heterocycles. The minimum absolute atomic E-state index is 0.376. The molecule has 0 saturated carbocycles. The van der Waals surface area contributed by atoms with E-state index in [2.05, 4.69) is 4.57 Å². The third kappa shape index (κ3) is 3.43. The largest absolute Gasteiger partial charge is 0.319 e. The van der Waals surface area contributed by atoms with Gasteiger partial charge in [-0.2, -0.15) is 0 Å². The Morgan fingerprint density at radius 3 is 2.41 bits per heavy atom. The van der Waals surface area contributed by atoms with E-state index in [9.17, 15) is 4.79 Å². The van der Waals surface area contributed by atoms with Crippen LogP contribution in [0.5, 0.6) is 0 Å². The molecule has 0 aliphatic carbocycles. The molecular weight excluding hydrogens is 362 g/mol. The second kappa shape index (κ2) is 7.23. The molecule has 0 radical (unpaired) electrons. The Bertz CT molecular complexity index is 1100. The second-order valence-corrected chi connectivity index (χ2v) is 6.59. The fourth-order valence-corrected chi connectivity index (χ4v) is 3.19. The fraction of sp³-hybridized carbons (Fsp3) is 0.0476. The Kier molecular flexibility index (Phi) is 4.62. The highest BCUT2D eigenvalue weighted by molar-refractivity contribution is 6.30. The number of carbonyl (C=O) groups is 1. The van der Waals surface area contributed by atoms with Gasteiger partial charge in [0.05, 0.1) is 11.0 Å². The summed E-state index contributed by atoms with van der Waals surface area (Å²) in [6, 6.07) is 22.7. The molecule has 0 fully saturated rings. The standard InChI is InChI=1S/C21H16ClN3O2/c22-17-11-5-14(6-12-17)13-25-19-4-2-1-3-18(19)23-20(25)15-7-9-16(10-8-15)21(26)24-27/h1-12,27H,13H2,(H,24,26). The van der Waals surface area contributed by atoms with Crippen molar-refractivity contribution >= 4 is 28.5 Å². The highest BCUT2D eigenvalue weighted by Gasteiger charge is 2.13. The molecule has 1 aromatic heterocycles. The quantitative estimate of drug-likeness (QED) is 0.405. The van der Waals surface area contributed by atoms with Crippen LogP contribution in [0.2, 0.25) is 5.02 Å². The van der Waals surface area contributed by atoms with Crippen LogP contribution < -0.4 is 5.48 Å². The van der Waals surface area contributed by atoms with Gasteiger partial charge >= 0.3 is 0 Å². The molecule has 3 aromatic carbocycles. The molecule has 0 atom stereocenters. The van der Waals surface area contributed by atoms with Crippen molar-refractivity contribution in [2.75, 3.05) is 0 Å². The maximum atomic E-state index is 11.5. The minimum Gasteiger partial charge on any atom is -0.319 e. The number of carbonyl (C=O) groups excluding carboxylic acids is 1. The second-order valence-electron chi connectivity index (χ2n) is 6.16. The third-order valence-corrected chi connectivity index (χ3v) is 4.67. The average Bonchev–Trinajstić information content (AvgIpc) is 3.08. The van der Waals surface area contributed by atoms with Crippen molar-refractivity contribution in [3.63, 3.8) is 0 Å². The fourth-order valence-electron chi connectivity index (χ4n) is 3.06. The molecule has 2 N–H and O–H groups in total. The Labute approximate surface area is 160 Å². The maximum Gasteiger partial charge on any atom is 0.274 e. The molecule has 27 heavy (non-hydrogen) atoms. The Balaban J connectivity index is 1.80. The maximum absolute atomic E-state index is 11.5. The van der Waals surface area contributed by atoms with Crippen molar-refractivity contribution in [1.82, 2.24) is 15.0 Å². The van der Waals surface area contributed by atoms with Gasteiger partial charge < -0.3 is 4.57 Å². The molecule has 0 spiro atoms. The van der Waals surface area contributed by atoms with Crippen molar-refractivity contribution < 1.29 is 10.0 Å². The Hall–Kier alpha value is -3.15. The van der Waals surface area contributed by atoms with Crippen LogP contribution in [0.15, 0.2) is 72.8 Å². The number of hydrogen-bond donors (Lipinski definition) is 2. The van der Waals surface area contributed by atoms with Gasteiger partial charge in [-0.15, -0.1) is 0 Å². The van der Waals surface area contributed by atoms with Gasteiger partial charge in [-0.1, -0.05) is 48.0 Å². The van der Waals surface area contributed by atoms with Gasteiger partial charge in [-0.3, -0.25) is 10.0 Å². The first kappa shape index (κ1) is 17.3.